The molecule has 1 atom stereocenters. The van der Waals surface area contributed by atoms with Gasteiger partial charge in [0.2, 0.25) is 0 Å². The summed E-state index contributed by atoms with van der Waals surface area (Å²) in [7, 11) is 1.65. The van der Waals surface area contributed by atoms with Gasteiger partial charge in [-0.1, -0.05) is 17.7 Å². The van der Waals surface area contributed by atoms with Crippen LogP contribution in [0.1, 0.15) is 22.3 Å². The molecule has 0 spiro atoms. The van der Waals surface area contributed by atoms with Gasteiger partial charge >= 0.3 is 0 Å². The standard InChI is InChI=1S/C14H16ClFN2OS/c1-9-8-20-14(18-9)13(17-5-6-19-2)10-3-4-12(16)11(15)7-10/h3-4,7-8,13,17H,5-6H2,1-2H3. The van der Waals surface area contributed by atoms with E-state index in [0.29, 0.717) is 13.2 Å². The molecule has 0 aliphatic rings. The van der Waals surface area contributed by atoms with E-state index in [4.69, 9.17) is 16.3 Å². The highest BCUT2D eigenvalue weighted by Gasteiger charge is 2.18. The summed E-state index contributed by atoms with van der Waals surface area (Å²) in [6, 6.07) is 4.63. The first-order valence-electron chi connectivity index (χ1n) is 6.21. The minimum absolute atomic E-state index is 0.109. The first-order valence-corrected chi connectivity index (χ1v) is 7.47. The number of aromatic nitrogens is 1. The van der Waals surface area contributed by atoms with Gasteiger partial charge in [0.05, 0.1) is 17.7 Å². The molecule has 2 rings (SSSR count). The van der Waals surface area contributed by atoms with E-state index in [0.717, 1.165) is 16.3 Å². The molecule has 0 radical (unpaired) electrons. The summed E-state index contributed by atoms with van der Waals surface area (Å²) < 4.78 is 18.3. The van der Waals surface area contributed by atoms with Crippen LogP contribution in [0.4, 0.5) is 4.39 Å². The quantitative estimate of drug-likeness (QED) is 0.828. The van der Waals surface area contributed by atoms with Gasteiger partial charge in [-0.15, -0.1) is 11.3 Å². The second-order valence-electron chi connectivity index (χ2n) is 4.38. The number of halogens is 2. The van der Waals surface area contributed by atoms with Crippen LogP contribution in [0.5, 0.6) is 0 Å². The molecule has 1 aromatic carbocycles. The Kier molecular flexibility index (Phi) is 5.48. The summed E-state index contributed by atoms with van der Waals surface area (Å²) >= 11 is 7.44. The molecule has 0 saturated carbocycles. The highest BCUT2D eigenvalue weighted by atomic mass is 35.5. The average molecular weight is 315 g/mol. The first-order chi connectivity index (χ1) is 9.61. The van der Waals surface area contributed by atoms with Gasteiger partial charge in [-0.3, -0.25) is 0 Å². The largest absolute Gasteiger partial charge is 0.383 e. The molecule has 0 bridgehead atoms. The molecule has 6 heteroatoms. The van der Waals surface area contributed by atoms with Crippen LogP contribution < -0.4 is 5.32 Å². The number of hydrogen-bond acceptors (Lipinski definition) is 4. The normalized spacial score (nSPS) is 12.6. The summed E-state index contributed by atoms with van der Waals surface area (Å²) in [4.78, 5) is 4.50. The van der Waals surface area contributed by atoms with E-state index in [2.05, 4.69) is 10.3 Å². The highest BCUT2D eigenvalue weighted by Crippen LogP contribution is 2.27. The molecule has 0 fully saturated rings. The van der Waals surface area contributed by atoms with Crippen molar-refractivity contribution in [2.75, 3.05) is 20.3 Å². The van der Waals surface area contributed by atoms with Crippen LogP contribution in [0, 0.1) is 12.7 Å². The van der Waals surface area contributed by atoms with Crippen molar-refractivity contribution in [1.82, 2.24) is 10.3 Å². The molecule has 20 heavy (non-hydrogen) atoms. The van der Waals surface area contributed by atoms with Crippen LogP contribution in [0.2, 0.25) is 5.02 Å². The van der Waals surface area contributed by atoms with Crippen molar-refractivity contribution in [3.05, 3.63) is 50.7 Å². The van der Waals surface area contributed by atoms with E-state index in [1.165, 1.54) is 6.07 Å². The number of nitrogens with one attached hydrogen (secondary N) is 1. The average Bonchev–Trinajstić information content (AvgIpc) is 2.85. The molecular weight excluding hydrogens is 299 g/mol. The monoisotopic (exact) mass is 314 g/mol. The SMILES string of the molecule is COCCNC(c1ccc(F)c(Cl)c1)c1nc(C)cs1. The van der Waals surface area contributed by atoms with Crippen LogP contribution in [0.3, 0.4) is 0 Å². The Morgan fingerprint density at radius 2 is 2.30 bits per heavy atom. The van der Waals surface area contributed by atoms with Crippen molar-refractivity contribution >= 4 is 22.9 Å². The van der Waals surface area contributed by atoms with Crippen molar-refractivity contribution < 1.29 is 9.13 Å². The fourth-order valence-corrected chi connectivity index (χ4v) is 2.93. The highest BCUT2D eigenvalue weighted by molar-refractivity contribution is 7.09. The van der Waals surface area contributed by atoms with Gasteiger partial charge < -0.3 is 10.1 Å². The molecule has 0 aliphatic carbocycles. The van der Waals surface area contributed by atoms with Crippen molar-refractivity contribution in [1.29, 1.82) is 0 Å². The number of nitrogens with zero attached hydrogens (tertiary/aromatic N) is 1. The van der Waals surface area contributed by atoms with E-state index in [1.54, 1.807) is 30.6 Å². The summed E-state index contributed by atoms with van der Waals surface area (Å²) in [5.41, 5.74) is 1.86. The number of aryl methyl sites for hydroxylation is 1. The second-order valence-corrected chi connectivity index (χ2v) is 5.68. The lowest BCUT2D eigenvalue weighted by Gasteiger charge is -2.17. The molecule has 2 aromatic rings. The third-order valence-electron chi connectivity index (χ3n) is 2.82. The van der Waals surface area contributed by atoms with Crippen molar-refractivity contribution in [3.8, 4) is 0 Å². The van der Waals surface area contributed by atoms with Gasteiger partial charge in [-0.2, -0.15) is 0 Å². The zero-order chi connectivity index (χ0) is 14.5. The Morgan fingerprint density at radius 3 is 2.90 bits per heavy atom. The van der Waals surface area contributed by atoms with Crippen molar-refractivity contribution in [2.24, 2.45) is 0 Å². The lowest BCUT2D eigenvalue weighted by atomic mass is 10.1. The second kappa shape index (κ2) is 7.13. The Bertz CT molecular complexity index is 576. The topological polar surface area (TPSA) is 34.1 Å². The van der Waals surface area contributed by atoms with E-state index in [-0.39, 0.29) is 11.1 Å². The number of rotatable bonds is 6. The summed E-state index contributed by atoms with van der Waals surface area (Å²) in [6.45, 7) is 3.22. The smallest absolute Gasteiger partial charge is 0.141 e. The maximum Gasteiger partial charge on any atom is 0.141 e. The molecule has 1 unspecified atom stereocenters. The molecule has 0 saturated heterocycles. The van der Waals surface area contributed by atoms with Crippen molar-refractivity contribution in [2.45, 2.75) is 13.0 Å². The first kappa shape index (κ1) is 15.4. The molecule has 108 valence electrons. The molecule has 1 aromatic heterocycles. The van der Waals surface area contributed by atoms with Crippen LogP contribution in [-0.2, 0) is 4.74 Å². The Labute approximate surface area is 126 Å². The summed E-state index contributed by atoms with van der Waals surface area (Å²) in [5, 5.41) is 6.40. The van der Waals surface area contributed by atoms with Crippen LogP contribution in [0.15, 0.2) is 23.6 Å². The van der Waals surface area contributed by atoms with E-state index in [1.807, 2.05) is 12.3 Å². The lowest BCUT2D eigenvalue weighted by Crippen LogP contribution is -2.26. The predicted molar refractivity (Wildman–Crippen MR) is 80.0 cm³/mol. The third kappa shape index (κ3) is 3.76. The van der Waals surface area contributed by atoms with Gasteiger partial charge in [0, 0.05) is 24.7 Å². The molecule has 0 amide bonds. The Hall–Kier alpha value is -1.01. The predicted octanol–water partition coefficient (Wildman–Crippen LogP) is 3.57. The Morgan fingerprint density at radius 1 is 1.50 bits per heavy atom. The number of hydrogen-bond donors (Lipinski definition) is 1. The third-order valence-corrected chi connectivity index (χ3v) is 4.13. The number of thiazole rings is 1. The fraction of sp³-hybridized carbons (Fsp3) is 0.357. The minimum atomic E-state index is -0.415. The van der Waals surface area contributed by atoms with Crippen LogP contribution in [0.25, 0.3) is 0 Å². The summed E-state index contributed by atoms with van der Waals surface area (Å²) in [6.07, 6.45) is 0. The van der Waals surface area contributed by atoms with E-state index in [9.17, 15) is 4.39 Å². The molecular formula is C14H16ClFN2OS. The maximum atomic E-state index is 13.3. The van der Waals surface area contributed by atoms with Crippen molar-refractivity contribution in [3.63, 3.8) is 0 Å². The van der Waals surface area contributed by atoms with Gasteiger partial charge in [0.1, 0.15) is 10.8 Å². The number of benzene rings is 1. The van der Waals surface area contributed by atoms with Crippen LogP contribution >= 0.6 is 22.9 Å². The van der Waals surface area contributed by atoms with Gasteiger partial charge in [0.25, 0.3) is 0 Å². The van der Waals surface area contributed by atoms with Gasteiger partial charge in [-0.05, 0) is 24.6 Å². The van der Waals surface area contributed by atoms with Crippen LogP contribution in [-0.4, -0.2) is 25.2 Å². The molecule has 0 aliphatic heterocycles. The van der Waals surface area contributed by atoms with E-state index < -0.39 is 5.82 Å². The summed E-state index contributed by atoms with van der Waals surface area (Å²) in [5.74, 6) is -0.415. The molecule has 3 nitrogen and oxygen atoms in total. The lowest BCUT2D eigenvalue weighted by molar-refractivity contribution is 0.197. The fourth-order valence-electron chi connectivity index (χ4n) is 1.85. The van der Waals surface area contributed by atoms with E-state index >= 15 is 0 Å². The number of ether oxygens (including phenoxy) is 1. The zero-order valence-corrected chi connectivity index (χ0v) is 12.9. The minimum Gasteiger partial charge on any atom is -0.383 e. The molecule has 1 heterocycles. The maximum absolute atomic E-state index is 13.3. The van der Waals surface area contributed by atoms with Gasteiger partial charge in [-0.25, -0.2) is 9.37 Å². The Balaban J connectivity index is 2.27. The van der Waals surface area contributed by atoms with Gasteiger partial charge in [0.15, 0.2) is 0 Å². The number of methoxy groups -OCH3 is 1. The zero-order valence-electron chi connectivity index (χ0n) is 11.3. The molecule has 1 N–H and O–H groups in total.